The van der Waals surface area contributed by atoms with E-state index in [1.807, 2.05) is 32.0 Å². The normalized spacial score (nSPS) is 10.7. The second-order valence-electron chi connectivity index (χ2n) is 4.33. The average molecular weight is 340 g/mol. The molecule has 0 aliphatic carbocycles. The maximum atomic E-state index is 11.2. The van der Waals surface area contributed by atoms with Gasteiger partial charge in [0.25, 0.3) is 0 Å². The molecule has 1 heterocycles. The van der Waals surface area contributed by atoms with Crippen LogP contribution in [0.4, 0.5) is 0 Å². The van der Waals surface area contributed by atoms with Crippen LogP contribution in [0.25, 0.3) is 10.6 Å². The van der Waals surface area contributed by atoms with Crippen LogP contribution in [-0.4, -0.2) is 16.1 Å². The number of aryl methyl sites for hydroxylation is 2. The number of nitrogens with zero attached hydrogens (tertiary/aromatic N) is 1. The molecule has 2 rings (SSSR count). The van der Waals surface area contributed by atoms with Gasteiger partial charge in [0.2, 0.25) is 0 Å². The number of halogens is 1. The molecule has 1 N–H and O–H groups in total. The Bertz CT molecular complexity index is 622. The maximum absolute atomic E-state index is 11.2. The Kier molecular flexibility index (Phi) is 4.37. The van der Waals surface area contributed by atoms with Crippen molar-refractivity contribution in [3.8, 4) is 10.6 Å². The van der Waals surface area contributed by atoms with Crippen molar-refractivity contribution in [3.05, 3.63) is 38.8 Å². The predicted molar refractivity (Wildman–Crippen MR) is 80.9 cm³/mol. The van der Waals surface area contributed by atoms with Crippen LogP contribution in [0.5, 0.6) is 0 Å². The molecule has 0 atom stereocenters. The lowest BCUT2D eigenvalue weighted by molar-refractivity contribution is 0.0700. The molecule has 0 amide bonds. The Morgan fingerprint density at radius 1 is 1.47 bits per heavy atom. The summed E-state index contributed by atoms with van der Waals surface area (Å²) in [6.07, 6.45) is 1.58. The molecule has 0 fully saturated rings. The first-order chi connectivity index (χ1) is 9.02. The first kappa shape index (κ1) is 14.2. The highest BCUT2D eigenvalue weighted by Gasteiger charge is 2.18. The van der Waals surface area contributed by atoms with Crippen molar-refractivity contribution in [3.63, 3.8) is 0 Å². The fourth-order valence-corrected chi connectivity index (χ4v) is 3.64. The van der Waals surface area contributed by atoms with E-state index < -0.39 is 5.97 Å². The van der Waals surface area contributed by atoms with Gasteiger partial charge in [-0.25, -0.2) is 9.78 Å². The van der Waals surface area contributed by atoms with E-state index in [-0.39, 0.29) is 0 Å². The number of carbonyl (C=O) groups is 1. The molecule has 3 nitrogen and oxygen atoms in total. The summed E-state index contributed by atoms with van der Waals surface area (Å²) in [7, 11) is 0. The third-order valence-electron chi connectivity index (χ3n) is 2.73. The van der Waals surface area contributed by atoms with Crippen molar-refractivity contribution in [1.29, 1.82) is 0 Å². The second kappa shape index (κ2) is 5.84. The van der Waals surface area contributed by atoms with Gasteiger partial charge in [-0.3, -0.25) is 0 Å². The van der Waals surface area contributed by atoms with Crippen LogP contribution in [0, 0.1) is 6.92 Å². The molecule has 1 aromatic carbocycles. The van der Waals surface area contributed by atoms with E-state index in [1.165, 1.54) is 11.3 Å². The van der Waals surface area contributed by atoms with Gasteiger partial charge in [0.15, 0.2) is 0 Å². The minimum absolute atomic E-state index is 0.351. The zero-order chi connectivity index (χ0) is 14.0. The van der Waals surface area contributed by atoms with E-state index in [4.69, 9.17) is 0 Å². The van der Waals surface area contributed by atoms with Crippen LogP contribution in [0.15, 0.2) is 22.7 Å². The van der Waals surface area contributed by atoms with E-state index in [2.05, 4.69) is 20.9 Å². The summed E-state index contributed by atoms with van der Waals surface area (Å²) in [4.78, 5) is 16.1. The number of thiazole rings is 1. The van der Waals surface area contributed by atoms with Crippen LogP contribution >= 0.6 is 27.3 Å². The highest BCUT2D eigenvalue weighted by Crippen LogP contribution is 2.34. The number of hydrogen-bond acceptors (Lipinski definition) is 3. The number of benzene rings is 1. The lowest BCUT2D eigenvalue weighted by Gasteiger charge is -2.01. The van der Waals surface area contributed by atoms with Crippen LogP contribution in [0.2, 0.25) is 0 Å². The van der Waals surface area contributed by atoms with Crippen LogP contribution < -0.4 is 0 Å². The minimum Gasteiger partial charge on any atom is -0.477 e. The number of hydrogen-bond donors (Lipinski definition) is 1. The van der Waals surface area contributed by atoms with Gasteiger partial charge in [-0.15, -0.1) is 11.3 Å². The van der Waals surface area contributed by atoms with Crippen molar-refractivity contribution >= 4 is 33.2 Å². The summed E-state index contributed by atoms with van der Waals surface area (Å²) in [6.45, 7) is 4.04. The van der Waals surface area contributed by atoms with E-state index in [0.29, 0.717) is 17.0 Å². The molecule has 0 bridgehead atoms. The van der Waals surface area contributed by atoms with Gasteiger partial charge in [-0.05, 0) is 25.0 Å². The fourth-order valence-electron chi connectivity index (χ4n) is 1.83. The quantitative estimate of drug-likeness (QED) is 0.889. The number of carboxylic acid groups (broad SMARTS) is 1. The van der Waals surface area contributed by atoms with E-state index >= 15 is 0 Å². The Hall–Kier alpha value is -1.20. The van der Waals surface area contributed by atoms with Gasteiger partial charge >= 0.3 is 5.97 Å². The van der Waals surface area contributed by atoms with Crippen LogP contribution in [0.1, 0.15) is 34.3 Å². The molecule has 0 radical (unpaired) electrons. The number of aromatic carboxylic acids is 1. The summed E-state index contributed by atoms with van der Waals surface area (Å²) in [5.74, 6) is -0.893. The zero-order valence-electron chi connectivity index (χ0n) is 10.7. The lowest BCUT2D eigenvalue weighted by atomic mass is 10.1. The molecular formula is C14H14BrNO2S. The molecule has 2 aromatic rings. The van der Waals surface area contributed by atoms with Crippen molar-refractivity contribution in [1.82, 2.24) is 4.98 Å². The molecular weight excluding hydrogens is 326 g/mol. The maximum Gasteiger partial charge on any atom is 0.347 e. The van der Waals surface area contributed by atoms with E-state index in [1.54, 1.807) is 0 Å². The van der Waals surface area contributed by atoms with Crippen molar-refractivity contribution in [2.75, 3.05) is 0 Å². The van der Waals surface area contributed by atoms with Crippen molar-refractivity contribution in [2.45, 2.75) is 26.7 Å². The largest absolute Gasteiger partial charge is 0.477 e. The zero-order valence-corrected chi connectivity index (χ0v) is 13.1. The first-order valence-corrected chi connectivity index (χ1v) is 7.63. The Labute approximate surface area is 124 Å². The highest BCUT2D eigenvalue weighted by molar-refractivity contribution is 9.10. The summed E-state index contributed by atoms with van der Waals surface area (Å²) in [5, 5.41) is 9.98. The summed E-state index contributed by atoms with van der Waals surface area (Å²) in [5.41, 5.74) is 2.78. The monoisotopic (exact) mass is 339 g/mol. The number of carboxylic acids is 1. The summed E-state index contributed by atoms with van der Waals surface area (Å²) < 4.78 is 0.946. The van der Waals surface area contributed by atoms with Crippen LogP contribution in [0.3, 0.4) is 0 Å². The Morgan fingerprint density at radius 2 is 2.21 bits per heavy atom. The van der Waals surface area contributed by atoms with E-state index in [9.17, 15) is 9.90 Å². The van der Waals surface area contributed by atoms with Gasteiger partial charge < -0.3 is 5.11 Å². The molecule has 0 saturated carbocycles. The Morgan fingerprint density at radius 3 is 2.79 bits per heavy atom. The third-order valence-corrected chi connectivity index (χ3v) is 4.51. The summed E-state index contributed by atoms with van der Waals surface area (Å²) in [6, 6.07) is 5.98. The molecule has 0 aliphatic rings. The molecule has 0 aliphatic heterocycles. The third kappa shape index (κ3) is 3.04. The topological polar surface area (TPSA) is 50.2 Å². The molecule has 1 aromatic heterocycles. The van der Waals surface area contributed by atoms with Gasteiger partial charge in [-0.1, -0.05) is 41.4 Å². The second-order valence-corrected chi connectivity index (χ2v) is 6.19. The van der Waals surface area contributed by atoms with Gasteiger partial charge in [-0.2, -0.15) is 0 Å². The van der Waals surface area contributed by atoms with E-state index in [0.717, 1.165) is 27.0 Å². The van der Waals surface area contributed by atoms with Crippen LogP contribution in [-0.2, 0) is 6.42 Å². The SMILES string of the molecule is CCCc1nc(-c2ccc(C)cc2Br)sc1C(=O)O. The Balaban J connectivity index is 2.50. The molecule has 100 valence electrons. The molecule has 0 spiro atoms. The first-order valence-electron chi connectivity index (χ1n) is 6.02. The fraction of sp³-hybridized carbons (Fsp3) is 0.286. The number of aromatic nitrogens is 1. The molecule has 19 heavy (non-hydrogen) atoms. The lowest BCUT2D eigenvalue weighted by Crippen LogP contribution is -1.98. The van der Waals surface area contributed by atoms with Gasteiger partial charge in [0.05, 0.1) is 5.69 Å². The predicted octanol–water partition coefficient (Wildman–Crippen LogP) is 4.53. The highest BCUT2D eigenvalue weighted by atomic mass is 79.9. The summed E-state index contributed by atoms with van der Waals surface area (Å²) >= 11 is 4.75. The minimum atomic E-state index is -0.893. The van der Waals surface area contributed by atoms with Gasteiger partial charge in [0.1, 0.15) is 9.88 Å². The number of rotatable bonds is 4. The van der Waals surface area contributed by atoms with Gasteiger partial charge in [0, 0.05) is 10.0 Å². The molecule has 0 unspecified atom stereocenters. The molecule has 0 saturated heterocycles. The van der Waals surface area contributed by atoms with Crippen molar-refractivity contribution in [2.24, 2.45) is 0 Å². The standard InChI is InChI=1S/C14H14BrNO2S/c1-3-4-11-12(14(17)18)19-13(16-11)9-6-5-8(2)7-10(9)15/h5-7H,3-4H2,1-2H3,(H,17,18). The average Bonchev–Trinajstić information content (AvgIpc) is 2.73. The van der Waals surface area contributed by atoms with Crippen molar-refractivity contribution < 1.29 is 9.90 Å². The smallest absolute Gasteiger partial charge is 0.347 e. The molecule has 5 heteroatoms.